The first-order valence-electron chi connectivity index (χ1n) is 7.99. The van der Waals surface area contributed by atoms with Crippen LogP contribution in [0.4, 0.5) is 5.69 Å². The number of hydrogen-bond donors (Lipinski definition) is 1. The van der Waals surface area contributed by atoms with Crippen molar-refractivity contribution in [2.24, 2.45) is 13.0 Å². The Morgan fingerprint density at radius 1 is 1.36 bits per heavy atom. The molecular formula is C17H23N3O2. The number of fused-ring (bicyclic) bond motifs is 1. The summed E-state index contributed by atoms with van der Waals surface area (Å²) in [6.07, 6.45) is 4.39. The van der Waals surface area contributed by atoms with Crippen LogP contribution in [0.15, 0.2) is 18.2 Å². The summed E-state index contributed by atoms with van der Waals surface area (Å²) in [4.78, 5) is 12.3. The Morgan fingerprint density at radius 3 is 2.77 bits per heavy atom. The molecule has 1 amide bonds. The molecule has 5 nitrogen and oxygen atoms in total. The van der Waals surface area contributed by atoms with Crippen LogP contribution in [0.25, 0.3) is 10.9 Å². The van der Waals surface area contributed by atoms with Crippen LogP contribution in [0.1, 0.15) is 39.5 Å². The summed E-state index contributed by atoms with van der Waals surface area (Å²) < 4.78 is 7.56. The quantitative estimate of drug-likeness (QED) is 0.940. The minimum Gasteiger partial charge on any atom is -0.473 e. The number of nitrogens with one attached hydrogen (secondary N) is 1. The molecule has 1 heterocycles. The zero-order valence-electron chi connectivity index (χ0n) is 13.4. The maximum atomic E-state index is 12.3. The molecule has 1 saturated carbocycles. The Morgan fingerprint density at radius 2 is 2.09 bits per heavy atom. The van der Waals surface area contributed by atoms with Crippen LogP contribution in [0, 0.1) is 5.92 Å². The number of anilines is 1. The van der Waals surface area contributed by atoms with Gasteiger partial charge in [0.05, 0.1) is 17.0 Å². The third-order valence-corrected chi connectivity index (χ3v) is 4.16. The van der Waals surface area contributed by atoms with Crippen LogP contribution < -0.4 is 10.1 Å². The van der Waals surface area contributed by atoms with Crippen molar-refractivity contribution in [3.63, 3.8) is 0 Å². The molecular weight excluding hydrogens is 278 g/mol. The average molecular weight is 301 g/mol. The molecule has 1 aromatic heterocycles. The molecule has 5 heteroatoms. The van der Waals surface area contributed by atoms with E-state index in [9.17, 15) is 4.79 Å². The normalized spacial score (nSPS) is 15.6. The zero-order chi connectivity index (χ0) is 15.7. The van der Waals surface area contributed by atoms with Crippen molar-refractivity contribution in [3.8, 4) is 5.88 Å². The van der Waals surface area contributed by atoms with Gasteiger partial charge in [0, 0.05) is 18.7 Å². The molecule has 0 radical (unpaired) electrons. The molecule has 1 fully saturated rings. The highest BCUT2D eigenvalue weighted by Gasteiger charge is 2.23. The smallest absolute Gasteiger partial charge is 0.241 e. The van der Waals surface area contributed by atoms with E-state index in [1.807, 2.05) is 39.1 Å². The zero-order valence-corrected chi connectivity index (χ0v) is 13.4. The highest BCUT2D eigenvalue weighted by Crippen LogP contribution is 2.30. The SMILES string of the molecule is CC(C)Oc1nn(C)c2ccc(NC(=O)C3CCCC3)cc12. The van der Waals surface area contributed by atoms with Crippen molar-refractivity contribution >= 4 is 22.5 Å². The highest BCUT2D eigenvalue weighted by atomic mass is 16.5. The van der Waals surface area contributed by atoms with Crippen molar-refractivity contribution < 1.29 is 9.53 Å². The van der Waals surface area contributed by atoms with Crippen molar-refractivity contribution in [2.75, 3.05) is 5.32 Å². The number of aromatic nitrogens is 2. The summed E-state index contributed by atoms with van der Waals surface area (Å²) in [5.41, 5.74) is 1.81. The molecule has 1 aliphatic rings. The summed E-state index contributed by atoms with van der Waals surface area (Å²) in [5, 5.41) is 8.37. The molecule has 2 aromatic rings. The molecule has 1 aromatic carbocycles. The maximum absolute atomic E-state index is 12.3. The van der Waals surface area contributed by atoms with E-state index in [2.05, 4.69) is 10.4 Å². The fourth-order valence-electron chi connectivity index (χ4n) is 3.05. The van der Waals surface area contributed by atoms with E-state index in [0.717, 1.165) is 42.3 Å². The Kier molecular flexibility index (Phi) is 4.05. The third-order valence-electron chi connectivity index (χ3n) is 4.16. The number of hydrogen-bond acceptors (Lipinski definition) is 3. The fourth-order valence-corrected chi connectivity index (χ4v) is 3.05. The van der Waals surface area contributed by atoms with Gasteiger partial charge in [0.1, 0.15) is 0 Å². The van der Waals surface area contributed by atoms with E-state index in [4.69, 9.17) is 4.74 Å². The van der Waals surface area contributed by atoms with E-state index < -0.39 is 0 Å². The number of carbonyl (C=O) groups excluding carboxylic acids is 1. The molecule has 118 valence electrons. The molecule has 0 unspecified atom stereocenters. The van der Waals surface area contributed by atoms with E-state index >= 15 is 0 Å². The molecule has 0 aliphatic heterocycles. The van der Waals surface area contributed by atoms with Gasteiger partial charge in [-0.05, 0) is 44.9 Å². The summed E-state index contributed by atoms with van der Waals surface area (Å²) in [6, 6.07) is 5.85. The second-order valence-electron chi connectivity index (χ2n) is 6.30. The lowest BCUT2D eigenvalue weighted by molar-refractivity contribution is -0.119. The van der Waals surface area contributed by atoms with Crippen LogP contribution in [0.2, 0.25) is 0 Å². The number of carbonyl (C=O) groups is 1. The first-order chi connectivity index (χ1) is 10.5. The second kappa shape index (κ2) is 5.99. The molecule has 1 aliphatic carbocycles. The number of amides is 1. The third kappa shape index (κ3) is 2.93. The molecule has 0 spiro atoms. The largest absolute Gasteiger partial charge is 0.473 e. The van der Waals surface area contributed by atoms with Crippen molar-refractivity contribution in [1.29, 1.82) is 0 Å². The monoisotopic (exact) mass is 301 g/mol. The Bertz CT molecular complexity index is 685. The van der Waals surface area contributed by atoms with Gasteiger partial charge in [-0.25, -0.2) is 0 Å². The summed E-state index contributed by atoms with van der Waals surface area (Å²) in [5.74, 6) is 0.910. The van der Waals surface area contributed by atoms with Crippen LogP contribution >= 0.6 is 0 Å². The molecule has 22 heavy (non-hydrogen) atoms. The minimum absolute atomic E-state index is 0.0647. The highest BCUT2D eigenvalue weighted by molar-refractivity contribution is 5.96. The number of benzene rings is 1. The molecule has 3 rings (SSSR count). The van der Waals surface area contributed by atoms with Gasteiger partial charge in [-0.2, -0.15) is 0 Å². The van der Waals surface area contributed by atoms with Crippen molar-refractivity contribution in [2.45, 2.75) is 45.6 Å². The van der Waals surface area contributed by atoms with Crippen LogP contribution in [-0.4, -0.2) is 21.8 Å². The van der Waals surface area contributed by atoms with Crippen LogP contribution in [0.5, 0.6) is 5.88 Å². The molecule has 0 atom stereocenters. The Labute approximate surface area is 130 Å². The number of rotatable bonds is 4. The van der Waals surface area contributed by atoms with Crippen molar-refractivity contribution in [1.82, 2.24) is 9.78 Å². The summed E-state index contributed by atoms with van der Waals surface area (Å²) in [7, 11) is 1.90. The number of aryl methyl sites for hydroxylation is 1. The first-order valence-corrected chi connectivity index (χ1v) is 7.99. The van der Waals surface area contributed by atoms with Crippen LogP contribution in [-0.2, 0) is 11.8 Å². The average Bonchev–Trinajstić information content (AvgIpc) is 3.08. The molecule has 0 bridgehead atoms. The number of nitrogens with zero attached hydrogens (tertiary/aromatic N) is 2. The van der Waals surface area contributed by atoms with E-state index in [1.54, 1.807) is 4.68 Å². The second-order valence-corrected chi connectivity index (χ2v) is 6.30. The maximum Gasteiger partial charge on any atom is 0.241 e. The predicted molar refractivity (Wildman–Crippen MR) is 87.1 cm³/mol. The summed E-state index contributed by atoms with van der Waals surface area (Å²) in [6.45, 7) is 3.96. The number of ether oxygens (including phenoxy) is 1. The van der Waals surface area contributed by atoms with E-state index in [0.29, 0.717) is 5.88 Å². The van der Waals surface area contributed by atoms with Crippen LogP contribution in [0.3, 0.4) is 0 Å². The van der Waals surface area contributed by atoms with Gasteiger partial charge in [0.2, 0.25) is 11.8 Å². The van der Waals surface area contributed by atoms with Gasteiger partial charge < -0.3 is 10.1 Å². The van der Waals surface area contributed by atoms with Crippen molar-refractivity contribution in [3.05, 3.63) is 18.2 Å². The van der Waals surface area contributed by atoms with Gasteiger partial charge in [0.25, 0.3) is 0 Å². The first kappa shape index (κ1) is 14.9. The van der Waals surface area contributed by atoms with Gasteiger partial charge in [-0.1, -0.05) is 12.8 Å². The lowest BCUT2D eigenvalue weighted by atomic mass is 10.1. The van der Waals surface area contributed by atoms with Gasteiger partial charge >= 0.3 is 0 Å². The van der Waals surface area contributed by atoms with Gasteiger partial charge in [-0.3, -0.25) is 9.48 Å². The predicted octanol–water partition coefficient (Wildman–Crippen LogP) is 3.49. The fraction of sp³-hybridized carbons (Fsp3) is 0.529. The Balaban J connectivity index is 1.86. The lowest BCUT2D eigenvalue weighted by Crippen LogP contribution is -2.20. The van der Waals surface area contributed by atoms with Gasteiger partial charge in [-0.15, -0.1) is 5.10 Å². The standard InChI is InChI=1S/C17H23N3O2/c1-11(2)22-17-14-10-13(8-9-15(14)20(3)19-17)18-16(21)12-6-4-5-7-12/h8-12H,4-7H2,1-3H3,(H,18,21). The van der Waals surface area contributed by atoms with Gasteiger partial charge in [0.15, 0.2) is 0 Å². The molecule has 1 N–H and O–H groups in total. The van der Waals surface area contributed by atoms with E-state index in [1.165, 1.54) is 0 Å². The Hall–Kier alpha value is -2.04. The minimum atomic E-state index is 0.0647. The lowest BCUT2D eigenvalue weighted by Gasteiger charge is -2.11. The van der Waals surface area contributed by atoms with E-state index in [-0.39, 0.29) is 17.9 Å². The summed E-state index contributed by atoms with van der Waals surface area (Å²) >= 11 is 0. The molecule has 0 saturated heterocycles. The topological polar surface area (TPSA) is 56.1 Å².